The highest BCUT2D eigenvalue weighted by Gasteiger charge is 2.56. The van der Waals surface area contributed by atoms with Crippen LogP contribution in [0.4, 0.5) is 5.69 Å². The van der Waals surface area contributed by atoms with Crippen LogP contribution in [0.5, 0.6) is 5.75 Å². The standard InChI is InChI=1S/C35H29NO5/c1-3-19-8-10-20(11-9-19)36-34(40)25-13-12-24-26(31(25)35(36)41)17-27-32(29(38)16-18(2)33(27)39)30(24)23-14-15-28(37)22-7-5-4-6-21(22)23/h4-12,14-16,25-26,30-31,37H,3,13,17H2,1-2H3. The quantitative estimate of drug-likeness (QED) is 0.258. The van der Waals surface area contributed by atoms with Crippen LogP contribution in [0.3, 0.4) is 0 Å². The number of nitrogens with zero attached hydrogens (tertiary/aromatic N) is 1. The molecule has 0 bridgehead atoms. The molecule has 1 aliphatic heterocycles. The first-order valence-electron chi connectivity index (χ1n) is 14.2. The zero-order valence-corrected chi connectivity index (χ0v) is 22.9. The fourth-order valence-electron chi connectivity index (χ4n) is 7.43. The van der Waals surface area contributed by atoms with Crippen LogP contribution in [-0.4, -0.2) is 28.5 Å². The lowest BCUT2D eigenvalue weighted by Crippen LogP contribution is -2.39. The van der Waals surface area contributed by atoms with E-state index in [4.69, 9.17) is 0 Å². The van der Waals surface area contributed by atoms with Gasteiger partial charge in [-0.1, -0.05) is 61.0 Å². The summed E-state index contributed by atoms with van der Waals surface area (Å²) >= 11 is 0. The molecule has 0 radical (unpaired) electrons. The first kappa shape index (κ1) is 25.4. The van der Waals surface area contributed by atoms with Crippen molar-refractivity contribution in [3.05, 3.63) is 106 Å². The minimum atomic E-state index is -0.623. The van der Waals surface area contributed by atoms with Gasteiger partial charge in [0, 0.05) is 28.0 Å². The summed E-state index contributed by atoms with van der Waals surface area (Å²) in [6.45, 7) is 3.70. The molecule has 4 unspecified atom stereocenters. The van der Waals surface area contributed by atoms with Crippen LogP contribution in [0.25, 0.3) is 10.8 Å². The van der Waals surface area contributed by atoms with E-state index in [1.54, 1.807) is 13.0 Å². The van der Waals surface area contributed by atoms with Crippen molar-refractivity contribution in [3.63, 3.8) is 0 Å². The lowest BCUT2D eigenvalue weighted by molar-refractivity contribution is -0.123. The third kappa shape index (κ3) is 3.63. The molecule has 204 valence electrons. The number of benzene rings is 3. The summed E-state index contributed by atoms with van der Waals surface area (Å²) in [5.41, 5.74) is 4.65. The number of allylic oxidation sites excluding steroid dienone is 6. The number of hydrogen-bond donors (Lipinski definition) is 1. The number of carbonyl (C=O) groups is 4. The zero-order chi connectivity index (χ0) is 28.6. The number of fused-ring (bicyclic) bond motifs is 4. The average Bonchev–Trinajstić information content (AvgIpc) is 3.25. The Hall–Kier alpha value is -4.58. The molecule has 4 aliphatic rings. The second-order valence-electron chi connectivity index (χ2n) is 11.5. The molecule has 0 saturated carbocycles. The maximum absolute atomic E-state index is 14.1. The molecule has 3 aliphatic carbocycles. The van der Waals surface area contributed by atoms with Crippen LogP contribution in [0.15, 0.2) is 95.1 Å². The van der Waals surface area contributed by atoms with Gasteiger partial charge in [-0.25, -0.2) is 0 Å². The van der Waals surface area contributed by atoms with Gasteiger partial charge in [0.05, 0.1) is 17.5 Å². The van der Waals surface area contributed by atoms with Crippen LogP contribution in [-0.2, 0) is 25.6 Å². The Bertz CT molecular complexity index is 1790. The number of rotatable bonds is 3. The van der Waals surface area contributed by atoms with Gasteiger partial charge in [0.15, 0.2) is 11.6 Å². The summed E-state index contributed by atoms with van der Waals surface area (Å²) in [4.78, 5) is 56.3. The van der Waals surface area contributed by atoms with Crippen molar-refractivity contribution in [3.8, 4) is 5.75 Å². The SMILES string of the molecule is CCc1ccc(N2C(=O)C3CC=C4C(c5ccc(O)c6ccccc56)C5=C(CC4C3C2=O)C(=O)C(C)=CC5=O)cc1. The Labute approximate surface area is 237 Å². The Kier molecular flexibility index (Phi) is 5.72. The molecular formula is C35H29NO5. The van der Waals surface area contributed by atoms with E-state index in [9.17, 15) is 24.3 Å². The van der Waals surface area contributed by atoms with Crippen LogP contribution >= 0.6 is 0 Å². The van der Waals surface area contributed by atoms with E-state index < -0.39 is 23.7 Å². The van der Waals surface area contributed by atoms with Gasteiger partial charge in [0.25, 0.3) is 0 Å². The summed E-state index contributed by atoms with van der Waals surface area (Å²) in [5.74, 6) is -2.82. The molecule has 1 heterocycles. The number of phenols is 1. The van der Waals surface area contributed by atoms with Crippen molar-refractivity contribution in [1.82, 2.24) is 0 Å². The largest absolute Gasteiger partial charge is 0.507 e. The number of aromatic hydroxyl groups is 1. The number of hydrogen-bond acceptors (Lipinski definition) is 5. The Morgan fingerprint density at radius 2 is 1.61 bits per heavy atom. The molecule has 41 heavy (non-hydrogen) atoms. The molecule has 3 aromatic carbocycles. The first-order valence-corrected chi connectivity index (χ1v) is 14.2. The molecule has 3 aromatic rings. The van der Waals surface area contributed by atoms with E-state index in [0.717, 1.165) is 28.5 Å². The normalized spacial score (nSPS) is 25.7. The minimum Gasteiger partial charge on any atom is -0.507 e. The topological polar surface area (TPSA) is 91.8 Å². The number of anilines is 1. The van der Waals surface area contributed by atoms with Gasteiger partial charge >= 0.3 is 0 Å². The predicted octanol–water partition coefficient (Wildman–Crippen LogP) is 5.74. The molecule has 6 nitrogen and oxygen atoms in total. The number of carbonyl (C=O) groups excluding carboxylic acids is 4. The third-order valence-electron chi connectivity index (χ3n) is 9.41. The summed E-state index contributed by atoms with van der Waals surface area (Å²) < 4.78 is 0. The van der Waals surface area contributed by atoms with E-state index in [-0.39, 0.29) is 35.6 Å². The van der Waals surface area contributed by atoms with Crippen molar-refractivity contribution < 1.29 is 24.3 Å². The van der Waals surface area contributed by atoms with Crippen molar-refractivity contribution in [2.45, 2.75) is 39.0 Å². The molecule has 6 heteroatoms. The monoisotopic (exact) mass is 543 g/mol. The Balaban J connectivity index is 1.39. The van der Waals surface area contributed by atoms with Gasteiger partial charge in [-0.05, 0) is 72.9 Å². The Morgan fingerprint density at radius 1 is 0.878 bits per heavy atom. The molecule has 1 fully saturated rings. The van der Waals surface area contributed by atoms with E-state index >= 15 is 0 Å². The average molecular weight is 544 g/mol. The molecule has 1 saturated heterocycles. The second-order valence-corrected chi connectivity index (χ2v) is 11.5. The van der Waals surface area contributed by atoms with Crippen molar-refractivity contribution in [2.75, 3.05) is 4.90 Å². The zero-order valence-electron chi connectivity index (χ0n) is 22.9. The highest BCUT2D eigenvalue weighted by molar-refractivity contribution is 6.25. The third-order valence-corrected chi connectivity index (χ3v) is 9.41. The van der Waals surface area contributed by atoms with Gasteiger partial charge in [0.2, 0.25) is 11.8 Å². The summed E-state index contributed by atoms with van der Waals surface area (Å²) in [7, 11) is 0. The van der Waals surface area contributed by atoms with E-state index in [1.165, 1.54) is 11.0 Å². The van der Waals surface area contributed by atoms with Crippen LogP contribution in [0.2, 0.25) is 0 Å². The van der Waals surface area contributed by atoms with Crippen LogP contribution in [0, 0.1) is 17.8 Å². The van der Waals surface area contributed by atoms with Crippen molar-refractivity contribution in [2.24, 2.45) is 17.8 Å². The maximum atomic E-state index is 14.1. The first-order chi connectivity index (χ1) is 19.8. The smallest absolute Gasteiger partial charge is 0.238 e. The molecule has 7 rings (SSSR count). The fourth-order valence-corrected chi connectivity index (χ4v) is 7.43. The van der Waals surface area contributed by atoms with E-state index in [1.807, 2.05) is 60.7 Å². The molecular weight excluding hydrogens is 514 g/mol. The molecule has 0 aromatic heterocycles. The highest BCUT2D eigenvalue weighted by Crippen LogP contribution is 2.56. The second kappa shape index (κ2) is 9.23. The predicted molar refractivity (Wildman–Crippen MR) is 155 cm³/mol. The molecule has 4 atom stereocenters. The van der Waals surface area contributed by atoms with Gasteiger partial charge < -0.3 is 5.11 Å². The van der Waals surface area contributed by atoms with Crippen molar-refractivity contribution >= 4 is 39.8 Å². The Morgan fingerprint density at radius 3 is 2.34 bits per heavy atom. The maximum Gasteiger partial charge on any atom is 0.238 e. The number of ketones is 2. The van der Waals surface area contributed by atoms with Crippen LogP contribution in [0.1, 0.15) is 43.7 Å². The molecule has 0 spiro atoms. The summed E-state index contributed by atoms with van der Waals surface area (Å²) in [6.07, 6.45) is 4.92. The van der Waals surface area contributed by atoms with E-state index in [2.05, 4.69) is 6.92 Å². The highest BCUT2D eigenvalue weighted by atomic mass is 16.3. The number of amides is 2. The number of phenolic OH excluding ortho intramolecular Hbond substituents is 1. The number of Topliss-reactive ketones (excluding diaryl/α,β-unsaturated/α-hetero) is 1. The lowest BCUT2D eigenvalue weighted by Gasteiger charge is -2.42. The minimum absolute atomic E-state index is 0.131. The van der Waals surface area contributed by atoms with Gasteiger partial charge in [-0.3, -0.25) is 24.1 Å². The fraction of sp³-hybridized carbons (Fsp3) is 0.257. The number of aryl methyl sites for hydroxylation is 1. The van der Waals surface area contributed by atoms with Gasteiger partial charge in [0.1, 0.15) is 5.75 Å². The summed E-state index contributed by atoms with van der Waals surface area (Å²) in [5, 5.41) is 12.0. The molecule has 1 N–H and O–H groups in total. The molecule has 2 amide bonds. The van der Waals surface area contributed by atoms with Crippen LogP contribution < -0.4 is 4.90 Å². The van der Waals surface area contributed by atoms with Gasteiger partial charge in [-0.2, -0.15) is 0 Å². The van der Waals surface area contributed by atoms with E-state index in [0.29, 0.717) is 34.2 Å². The number of imide groups is 1. The van der Waals surface area contributed by atoms with Crippen molar-refractivity contribution in [1.29, 1.82) is 0 Å². The summed E-state index contributed by atoms with van der Waals surface area (Å²) in [6, 6.07) is 18.4. The lowest BCUT2D eigenvalue weighted by atomic mass is 9.59. The van der Waals surface area contributed by atoms with Gasteiger partial charge in [-0.15, -0.1) is 0 Å².